The molecule has 0 spiro atoms. The van der Waals surface area contributed by atoms with Crippen molar-refractivity contribution in [2.24, 2.45) is 0 Å². The Kier molecular flexibility index (Phi) is 4.30. The molecule has 1 saturated carbocycles. The molecule has 6 heteroatoms. The van der Waals surface area contributed by atoms with Gasteiger partial charge in [-0.1, -0.05) is 30.2 Å². The zero-order valence-electron chi connectivity index (χ0n) is 15.0. The predicted molar refractivity (Wildman–Crippen MR) is 110 cm³/mol. The molecule has 0 radical (unpaired) electrons. The fraction of sp³-hybridized carbons (Fsp3) is 0.333. The third-order valence-electron chi connectivity index (χ3n) is 5.42. The molecular weight excluding hydrogens is 356 g/mol. The highest BCUT2D eigenvalue weighted by atomic mass is 32.1. The van der Waals surface area contributed by atoms with E-state index >= 15 is 0 Å². The third kappa shape index (κ3) is 3.31. The van der Waals surface area contributed by atoms with Crippen LogP contribution in [0, 0.1) is 0 Å². The topological polar surface area (TPSA) is 73.8 Å². The molecule has 0 unspecified atom stereocenters. The number of fused-ring (bicyclic) bond motifs is 2. The molecular formula is C21H22N4OS. The summed E-state index contributed by atoms with van der Waals surface area (Å²) in [7, 11) is 0. The largest absolute Gasteiger partial charge is 0.391 e. The minimum Gasteiger partial charge on any atom is -0.391 e. The van der Waals surface area contributed by atoms with Gasteiger partial charge in [0.2, 0.25) is 0 Å². The van der Waals surface area contributed by atoms with Crippen LogP contribution in [0.3, 0.4) is 0 Å². The van der Waals surface area contributed by atoms with Crippen LogP contribution in [-0.2, 0) is 6.42 Å². The smallest absolute Gasteiger partial charge is 0.184 e. The summed E-state index contributed by atoms with van der Waals surface area (Å²) in [6, 6.07) is 10.7. The van der Waals surface area contributed by atoms with Gasteiger partial charge in [-0.15, -0.1) is 0 Å². The molecule has 0 amide bonds. The van der Waals surface area contributed by atoms with Crippen LogP contribution in [0.4, 0.5) is 5.13 Å². The second-order valence-corrected chi connectivity index (χ2v) is 8.34. The fourth-order valence-electron chi connectivity index (χ4n) is 3.96. The van der Waals surface area contributed by atoms with Crippen molar-refractivity contribution in [2.75, 3.05) is 5.32 Å². The minimum atomic E-state index is -0.267. The van der Waals surface area contributed by atoms with E-state index in [4.69, 9.17) is 4.98 Å². The highest BCUT2D eigenvalue weighted by molar-refractivity contribution is 7.22. The average Bonchev–Trinajstić information content (AvgIpc) is 3.27. The first-order valence-corrected chi connectivity index (χ1v) is 10.3. The number of aliphatic hydroxyl groups is 1. The predicted octanol–water partition coefficient (Wildman–Crippen LogP) is 4.48. The summed E-state index contributed by atoms with van der Waals surface area (Å²) in [6.45, 7) is 0. The van der Waals surface area contributed by atoms with Crippen molar-refractivity contribution in [3.05, 3.63) is 53.9 Å². The minimum absolute atomic E-state index is 0.123. The average molecular weight is 379 g/mol. The van der Waals surface area contributed by atoms with Crippen LogP contribution in [0.5, 0.6) is 0 Å². The molecule has 3 heterocycles. The Labute approximate surface area is 161 Å². The van der Waals surface area contributed by atoms with E-state index in [2.05, 4.69) is 39.6 Å². The van der Waals surface area contributed by atoms with Crippen molar-refractivity contribution in [1.82, 2.24) is 15.0 Å². The lowest BCUT2D eigenvalue weighted by Crippen LogP contribution is -2.36. The van der Waals surface area contributed by atoms with Crippen molar-refractivity contribution >= 4 is 37.7 Å². The number of aromatic nitrogens is 3. The van der Waals surface area contributed by atoms with Crippen molar-refractivity contribution in [2.45, 2.75) is 44.2 Å². The molecule has 0 saturated heterocycles. The number of pyridine rings is 1. The summed E-state index contributed by atoms with van der Waals surface area (Å²) in [5, 5.41) is 15.7. The van der Waals surface area contributed by atoms with Crippen molar-refractivity contribution in [1.29, 1.82) is 0 Å². The van der Waals surface area contributed by atoms with Crippen LogP contribution in [-0.4, -0.2) is 32.2 Å². The first-order valence-electron chi connectivity index (χ1n) is 9.51. The molecule has 5 nitrogen and oxygen atoms in total. The molecule has 1 aliphatic carbocycles. The highest BCUT2D eigenvalue weighted by Gasteiger charge is 2.23. The molecule has 3 aromatic heterocycles. The van der Waals surface area contributed by atoms with Crippen molar-refractivity contribution in [3.8, 4) is 0 Å². The molecule has 2 atom stereocenters. The summed E-state index contributed by atoms with van der Waals surface area (Å²) in [4.78, 5) is 12.3. The van der Waals surface area contributed by atoms with Gasteiger partial charge in [0.1, 0.15) is 5.65 Å². The zero-order valence-corrected chi connectivity index (χ0v) is 15.8. The third-order valence-corrected chi connectivity index (χ3v) is 6.37. The highest BCUT2D eigenvalue weighted by Crippen LogP contribution is 2.30. The Balaban J connectivity index is 1.39. The summed E-state index contributed by atoms with van der Waals surface area (Å²) < 4.78 is 1.18. The van der Waals surface area contributed by atoms with Crippen LogP contribution in [0.1, 0.15) is 36.8 Å². The maximum absolute atomic E-state index is 10.2. The van der Waals surface area contributed by atoms with Gasteiger partial charge in [-0.3, -0.25) is 0 Å². The van der Waals surface area contributed by atoms with E-state index < -0.39 is 0 Å². The number of nitrogens with one attached hydrogen (secondary N) is 2. The van der Waals surface area contributed by atoms with Gasteiger partial charge >= 0.3 is 0 Å². The van der Waals surface area contributed by atoms with E-state index in [9.17, 15) is 5.11 Å². The number of hydrogen-bond donors (Lipinski definition) is 3. The number of aromatic amines is 1. The van der Waals surface area contributed by atoms with Gasteiger partial charge in [-0.25, -0.2) is 9.97 Å². The molecule has 3 N–H and O–H groups in total. The van der Waals surface area contributed by atoms with E-state index in [0.29, 0.717) is 0 Å². The maximum Gasteiger partial charge on any atom is 0.184 e. The van der Waals surface area contributed by atoms with E-state index in [0.717, 1.165) is 42.0 Å². The van der Waals surface area contributed by atoms with Crippen LogP contribution >= 0.6 is 11.3 Å². The SMILES string of the molecule is O[C@@H]1CCCC[C@H]1Nc1nc2ccc(Cc3c[nH]c4ncccc34)cc2s1. The van der Waals surface area contributed by atoms with Crippen molar-refractivity contribution < 1.29 is 5.11 Å². The Morgan fingerprint density at radius 3 is 3.07 bits per heavy atom. The summed E-state index contributed by atoms with van der Waals surface area (Å²) in [5.41, 5.74) is 4.46. The van der Waals surface area contributed by atoms with Crippen LogP contribution in [0.2, 0.25) is 0 Å². The number of H-pyrrole nitrogens is 1. The monoisotopic (exact) mass is 378 g/mol. The number of anilines is 1. The van der Waals surface area contributed by atoms with Gasteiger partial charge in [0.05, 0.1) is 22.4 Å². The number of rotatable bonds is 4. The Hall–Kier alpha value is -2.44. The first-order chi connectivity index (χ1) is 13.3. The Morgan fingerprint density at radius 1 is 1.22 bits per heavy atom. The van der Waals surface area contributed by atoms with E-state index in [1.165, 1.54) is 27.6 Å². The molecule has 0 aliphatic heterocycles. The normalized spacial score (nSPS) is 20.3. The Morgan fingerprint density at radius 2 is 2.15 bits per heavy atom. The van der Waals surface area contributed by atoms with Gasteiger partial charge < -0.3 is 15.4 Å². The van der Waals surface area contributed by atoms with E-state index in [1.54, 1.807) is 11.3 Å². The van der Waals surface area contributed by atoms with Gasteiger partial charge in [-0.05, 0) is 54.7 Å². The summed E-state index contributed by atoms with van der Waals surface area (Å²) in [6.07, 6.45) is 8.63. The molecule has 1 fully saturated rings. The number of hydrogen-bond acceptors (Lipinski definition) is 5. The van der Waals surface area contributed by atoms with Crippen LogP contribution in [0.15, 0.2) is 42.7 Å². The van der Waals surface area contributed by atoms with Crippen LogP contribution in [0.25, 0.3) is 21.3 Å². The number of benzene rings is 1. The lowest BCUT2D eigenvalue weighted by Gasteiger charge is -2.27. The van der Waals surface area contributed by atoms with Gasteiger partial charge in [0, 0.05) is 17.8 Å². The Bertz CT molecular complexity index is 1090. The number of thiazole rings is 1. The molecule has 4 aromatic rings. The summed E-state index contributed by atoms with van der Waals surface area (Å²) in [5.74, 6) is 0. The number of aliphatic hydroxyl groups excluding tert-OH is 1. The van der Waals surface area contributed by atoms with Crippen LogP contribution < -0.4 is 5.32 Å². The molecule has 1 aliphatic rings. The van der Waals surface area contributed by atoms with Gasteiger partial charge in [-0.2, -0.15) is 0 Å². The molecule has 1 aromatic carbocycles. The lowest BCUT2D eigenvalue weighted by molar-refractivity contribution is 0.116. The maximum atomic E-state index is 10.2. The second-order valence-electron chi connectivity index (χ2n) is 7.31. The molecule has 5 rings (SSSR count). The summed E-state index contributed by atoms with van der Waals surface area (Å²) >= 11 is 1.67. The second kappa shape index (κ2) is 6.94. The molecule has 138 valence electrons. The standard InChI is InChI=1S/C21H22N4OS/c26-18-6-2-1-5-16(18)24-21-25-17-8-7-13(11-19(17)27-21)10-14-12-23-20-15(14)4-3-9-22-20/h3-4,7-9,11-12,16,18,26H,1-2,5-6,10H2,(H,22,23)(H,24,25)/t16-,18-/m1/s1. The zero-order chi connectivity index (χ0) is 18.2. The van der Waals surface area contributed by atoms with E-state index in [1.807, 2.05) is 18.5 Å². The first kappa shape index (κ1) is 16.7. The van der Waals surface area contributed by atoms with Crippen molar-refractivity contribution in [3.63, 3.8) is 0 Å². The van der Waals surface area contributed by atoms with Gasteiger partial charge in [0.25, 0.3) is 0 Å². The van der Waals surface area contributed by atoms with Gasteiger partial charge in [0.15, 0.2) is 5.13 Å². The lowest BCUT2D eigenvalue weighted by atomic mass is 9.93. The molecule has 0 bridgehead atoms. The quantitative estimate of drug-likeness (QED) is 0.489. The number of nitrogens with zero attached hydrogens (tertiary/aromatic N) is 2. The van der Waals surface area contributed by atoms with E-state index in [-0.39, 0.29) is 12.1 Å². The fourth-order valence-corrected chi connectivity index (χ4v) is 4.95. The molecule has 27 heavy (non-hydrogen) atoms.